The van der Waals surface area contributed by atoms with Crippen molar-refractivity contribution in [3.05, 3.63) is 119 Å². The van der Waals surface area contributed by atoms with E-state index in [0.29, 0.717) is 29.2 Å². The molecule has 0 unspecified atom stereocenters. The highest BCUT2D eigenvalue weighted by atomic mass is 16.2. The highest BCUT2D eigenvalue weighted by Gasteiger charge is 2.48. The SMILES string of the molecule is CN(C)C(=O)c1ccc(CN2CCn3c(C(=O)NCc4ccc(NC(=O)c5ccccn5)cc4)ccc3C23CCC3)cc1. The van der Waals surface area contributed by atoms with Crippen LogP contribution in [0.4, 0.5) is 5.69 Å². The first-order valence-corrected chi connectivity index (χ1v) is 14.7. The molecule has 1 aliphatic carbocycles. The fraction of sp³-hybridized carbons (Fsp3) is 0.294. The number of hydrogen-bond donors (Lipinski definition) is 2. The van der Waals surface area contributed by atoms with E-state index in [1.165, 1.54) is 11.3 Å². The standard InChI is InChI=1S/C34H36N6O3/c1-38(2)33(43)26-11-7-25(8-12-26)23-39-20-21-40-29(15-16-30(40)34(39)17-5-18-34)32(42)36-22-24-9-13-27(14-10-24)37-31(41)28-6-3-4-19-35-28/h3-4,6-16,19H,5,17-18,20-23H2,1-2H3,(H,36,42)(H,37,41). The minimum Gasteiger partial charge on any atom is -0.347 e. The van der Waals surface area contributed by atoms with E-state index in [9.17, 15) is 14.4 Å². The zero-order valence-corrected chi connectivity index (χ0v) is 24.5. The number of anilines is 1. The molecule has 3 amide bonds. The molecule has 0 bridgehead atoms. The number of nitrogens with zero attached hydrogens (tertiary/aromatic N) is 4. The van der Waals surface area contributed by atoms with Gasteiger partial charge in [0.25, 0.3) is 17.7 Å². The molecule has 220 valence electrons. The summed E-state index contributed by atoms with van der Waals surface area (Å²) < 4.78 is 2.19. The van der Waals surface area contributed by atoms with Gasteiger partial charge in [0.15, 0.2) is 0 Å². The van der Waals surface area contributed by atoms with Crippen LogP contribution in [0.3, 0.4) is 0 Å². The van der Waals surface area contributed by atoms with E-state index in [0.717, 1.165) is 44.5 Å². The molecule has 0 atom stereocenters. The van der Waals surface area contributed by atoms with Gasteiger partial charge in [-0.2, -0.15) is 0 Å². The van der Waals surface area contributed by atoms with Crippen LogP contribution in [-0.2, 0) is 25.2 Å². The molecule has 9 heteroatoms. The Balaban J connectivity index is 1.09. The molecule has 1 aliphatic heterocycles. The highest BCUT2D eigenvalue weighted by molar-refractivity contribution is 6.02. The molecule has 4 aromatic rings. The van der Waals surface area contributed by atoms with Crippen molar-refractivity contribution in [2.75, 3.05) is 26.0 Å². The third-order valence-corrected chi connectivity index (χ3v) is 8.61. The number of carbonyl (C=O) groups excluding carboxylic acids is 3. The topological polar surface area (TPSA) is 99.6 Å². The van der Waals surface area contributed by atoms with E-state index >= 15 is 0 Å². The molecule has 2 N–H and O–H groups in total. The van der Waals surface area contributed by atoms with Crippen molar-refractivity contribution in [3.8, 4) is 0 Å². The van der Waals surface area contributed by atoms with Gasteiger partial charge < -0.3 is 20.1 Å². The predicted octanol–water partition coefficient (Wildman–Crippen LogP) is 4.66. The second-order valence-electron chi connectivity index (χ2n) is 11.5. The van der Waals surface area contributed by atoms with Crippen LogP contribution in [0.2, 0.25) is 0 Å². The maximum Gasteiger partial charge on any atom is 0.274 e. The van der Waals surface area contributed by atoms with Crippen molar-refractivity contribution in [2.24, 2.45) is 0 Å². The number of benzene rings is 2. The molecule has 0 saturated heterocycles. The fourth-order valence-electron chi connectivity index (χ4n) is 6.13. The van der Waals surface area contributed by atoms with Crippen LogP contribution < -0.4 is 10.6 Å². The van der Waals surface area contributed by atoms with Crippen LogP contribution in [0.15, 0.2) is 85.1 Å². The van der Waals surface area contributed by atoms with Gasteiger partial charge in [-0.1, -0.05) is 30.3 Å². The molecule has 6 rings (SSSR count). The van der Waals surface area contributed by atoms with Gasteiger partial charge in [0, 0.05) is 63.4 Å². The Bertz CT molecular complexity index is 1620. The van der Waals surface area contributed by atoms with Crippen LogP contribution in [-0.4, -0.2) is 57.7 Å². The van der Waals surface area contributed by atoms with Crippen LogP contribution >= 0.6 is 0 Å². The average Bonchev–Trinajstić information content (AvgIpc) is 3.44. The van der Waals surface area contributed by atoms with Crippen LogP contribution in [0, 0.1) is 0 Å². The Labute approximate surface area is 251 Å². The molecule has 1 saturated carbocycles. The fourth-order valence-corrected chi connectivity index (χ4v) is 6.13. The number of nitrogens with one attached hydrogen (secondary N) is 2. The largest absolute Gasteiger partial charge is 0.347 e. The monoisotopic (exact) mass is 576 g/mol. The number of pyridine rings is 1. The van der Waals surface area contributed by atoms with Crippen molar-refractivity contribution in [1.82, 2.24) is 24.7 Å². The highest BCUT2D eigenvalue weighted by Crippen LogP contribution is 2.49. The first-order valence-electron chi connectivity index (χ1n) is 14.7. The van der Waals surface area contributed by atoms with Crippen LogP contribution in [0.1, 0.15) is 67.4 Å². The molecule has 3 heterocycles. The van der Waals surface area contributed by atoms with Crippen molar-refractivity contribution >= 4 is 23.4 Å². The van der Waals surface area contributed by atoms with E-state index in [2.05, 4.69) is 43.3 Å². The molecule has 9 nitrogen and oxygen atoms in total. The number of hydrogen-bond acceptors (Lipinski definition) is 5. The minimum absolute atomic E-state index is 0.00531. The first kappa shape index (κ1) is 28.4. The van der Waals surface area contributed by atoms with Crippen molar-refractivity contribution in [1.29, 1.82) is 0 Å². The zero-order chi connectivity index (χ0) is 30.0. The summed E-state index contributed by atoms with van der Waals surface area (Å²) in [5.74, 6) is -0.356. The lowest BCUT2D eigenvalue weighted by Crippen LogP contribution is -2.56. The molecule has 2 aromatic heterocycles. The Kier molecular flexibility index (Phi) is 7.82. The third-order valence-electron chi connectivity index (χ3n) is 8.61. The zero-order valence-electron chi connectivity index (χ0n) is 24.5. The summed E-state index contributed by atoms with van der Waals surface area (Å²) in [6.07, 6.45) is 4.89. The molecule has 43 heavy (non-hydrogen) atoms. The van der Waals surface area contributed by atoms with E-state index < -0.39 is 0 Å². The van der Waals surface area contributed by atoms with Gasteiger partial charge in [-0.05, 0) is 78.9 Å². The van der Waals surface area contributed by atoms with Gasteiger partial charge in [0.05, 0.1) is 5.54 Å². The number of aromatic nitrogens is 2. The number of carbonyl (C=O) groups is 3. The third kappa shape index (κ3) is 5.68. The Hall–Kier alpha value is -4.76. The second-order valence-corrected chi connectivity index (χ2v) is 11.5. The summed E-state index contributed by atoms with van der Waals surface area (Å²) in [6, 6.07) is 24.6. The Morgan fingerprint density at radius 2 is 1.60 bits per heavy atom. The van der Waals surface area contributed by atoms with E-state index in [-0.39, 0.29) is 23.3 Å². The molecular formula is C34H36N6O3. The van der Waals surface area contributed by atoms with Gasteiger partial charge in [-0.3, -0.25) is 24.3 Å². The summed E-state index contributed by atoms with van der Waals surface area (Å²) in [5, 5.41) is 5.92. The summed E-state index contributed by atoms with van der Waals surface area (Å²) in [7, 11) is 3.53. The van der Waals surface area contributed by atoms with Crippen LogP contribution in [0.25, 0.3) is 0 Å². The van der Waals surface area contributed by atoms with Gasteiger partial charge in [0.1, 0.15) is 11.4 Å². The summed E-state index contributed by atoms with van der Waals surface area (Å²) in [6.45, 7) is 2.79. The number of amides is 3. The van der Waals surface area contributed by atoms with E-state index in [4.69, 9.17) is 0 Å². The maximum absolute atomic E-state index is 13.3. The smallest absolute Gasteiger partial charge is 0.274 e. The van der Waals surface area contributed by atoms with Gasteiger partial charge in [-0.15, -0.1) is 0 Å². The average molecular weight is 577 g/mol. The number of rotatable bonds is 8. The molecule has 2 aromatic carbocycles. The van der Waals surface area contributed by atoms with E-state index in [1.54, 1.807) is 43.4 Å². The van der Waals surface area contributed by atoms with Crippen LogP contribution in [0.5, 0.6) is 0 Å². The van der Waals surface area contributed by atoms with E-state index in [1.807, 2.05) is 42.5 Å². The van der Waals surface area contributed by atoms with Crippen molar-refractivity contribution < 1.29 is 14.4 Å². The minimum atomic E-state index is -0.267. The second kappa shape index (κ2) is 11.9. The Morgan fingerprint density at radius 1 is 0.860 bits per heavy atom. The lowest BCUT2D eigenvalue weighted by molar-refractivity contribution is -0.0217. The molecule has 1 fully saturated rings. The van der Waals surface area contributed by atoms with Gasteiger partial charge >= 0.3 is 0 Å². The Morgan fingerprint density at radius 3 is 2.26 bits per heavy atom. The van der Waals surface area contributed by atoms with Crippen molar-refractivity contribution in [3.63, 3.8) is 0 Å². The molecular weight excluding hydrogens is 540 g/mol. The summed E-state index contributed by atoms with van der Waals surface area (Å²) >= 11 is 0. The predicted molar refractivity (Wildman–Crippen MR) is 165 cm³/mol. The molecule has 2 aliphatic rings. The maximum atomic E-state index is 13.3. The summed E-state index contributed by atoms with van der Waals surface area (Å²) in [5.41, 5.74) is 5.67. The quantitative estimate of drug-likeness (QED) is 0.318. The normalized spacial score (nSPS) is 15.3. The lowest BCUT2D eigenvalue weighted by Gasteiger charge is -2.53. The first-order chi connectivity index (χ1) is 20.8. The lowest BCUT2D eigenvalue weighted by atomic mass is 9.71. The molecule has 0 radical (unpaired) electrons. The number of fused-ring (bicyclic) bond motifs is 2. The summed E-state index contributed by atoms with van der Waals surface area (Å²) in [4.78, 5) is 46.2. The van der Waals surface area contributed by atoms with Crippen molar-refractivity contribution in [2.45, 2.75) is 44.4 Å². The van der Waals surface area contributed by atoms with Gasteiger partial charge in [-0.25, -0.2) is 0 Å². The molecule has 1 spiro atoms. The van der Waals surface area contributed by atoms with Gasteiger partial charge in [0.2, 0.25) is 0 Å².